The van der Waals surface area contributed by atoms with E-state index in [9.17, 15) is 0 Å². The zero-order valence-corrected chi connectivity index (χ0v) is 20.1. The molecule has 3 aromatic carbocycles. The average molecular weight is 471 g/mol. The van der Waals surface area contributed by atoms with E-state index in [-0.39, 0.29) is 0 Å². The standard InChI is InChI=1S/C33H22BN3/c1-3-11-28-25(9-1)26-10-2-4-12-29(26)34(28)30-21-23(31-13-5-7-19-35-31)15-17-27(30)33-18-16-24(22-37(33)34)32-14-6-8-20-36-32/h1-22H. The maximum atomic E-state index is 4.67. The van der Waals surface area contributed by atoms with E-state index in [0.717, 1.165) is 22.5 Å². The third-order valence-corrected chi connectivity index (χ3v) is 8.21. The summed E-state index contributed by atoms with van der Waals surface area (Å²) in [5.74, 6) is 0. The molecule has 2 aliphatic rings. The van der Waals surface area contributed by atoms with Crippen molar-refractivity contribution in [1.29, 1.82) is 0 Å². The molecule has 0 saturated heterocycles. The fourth-order valence-electron chi connectivity index (χ4n) is 6.75. The van der Waals surface area contributed by atoms with Gasteiger partial charge in [0.15, 0.2) is 5.69 Å². The van der Waals surface area contributed by atoms with Crippen LogP contribution in [0.15, 0.2) is 134 Å². The minimum Gasteiger partial charge on any atom is -0.408 e. The Morgan fingerprint density at radius 1 is 0.486 bits per heavy atom. The smallest absolute Gasteiger partial charge is 0.362 e. The third-order valence-electron chi connectivity index (χ3n) is 8.21. The summed E-state index contributed by atoms with van der Waals surface area (Å²) in [5, 5.41) is 0. The molecule has 1 spiro atoms. The first-order chi connectivity index (χ1) is 18.4. The Morgan fingerprint density at radius 2 is 1.08 bits per heavy atom. The summed E-state index contributed by atoms with van der Waals surface area (Å²) >= 11 is 0. The van der Waals surface area contributed by atoms with Crippen LogP contribution in [-0.2, 0) is 0 Å². The predicted octanol–water partition coefficient (Wildman–Crippen LogP) is 4.57. The first-order valence-corrected chi connectivity index (χ1v) is 12.7. The van der Waals surface area contributed by atoms with Crippen molar-refractivity contribution < 1.29 is 4.48 Å². The van der Waals surface area contributed by atoms with Crippen molar-refractivity contribution in [2.75, 3.05) is 0 Å². The molecule has 0 N–H and O–H groups in total. The molecule has 37 heavy (non-hydrogen) atoms. The van der Waals surface area contributed by atoms with Gasteiger partial charge in [-0.15, -0.1) is 16.4 Å². The van der Waals surface area contributed by atoms with Crippen molar-refractivity contribution >= 4 is 22.7 Å². The lowest BCUT2D eigenvalue weighted by molar-refractivity contribution is -0.523. The quantitative estimate of drug-likeness (QED) is 0.346. The molecule has 0 radical (unpaired) electrons. The van der Waals surface area contributed by atoms with Gasteiger partial charge in [0.2, 0.25) is 0 Å². The van der Waals surface area contributed by atoms with Crippen LogP contribution in [0.1, 0.15) is 0 Å². The van der Waals surface area contributed by atoms with Gasteiger partial charge < -0.3 is 4.48 Å². The van der Waals surface area contributed by atoms with Crippen LogP contribution in [0.25, 0.3) is 44.9 Å². The van der Waals surface area contributed by atoms with E-state index in [1.165, 1.54) is 38.8 Å². The van der Waals surface area contributed by atoms with Crippen LogP contribution >= 0.6 is 0 Å². The zero-order chi connectivity index (χ0) is 24.4. The van der Waals surface area contributed by atoms with Gasteiger partial charge in [0.05, 0.1) is 17.0 Å². The molecule has 8 rings (SSSR count). The zero-order valence-electron chi connectivity index (χ0n) is 20.1. The summed E-state index contributed by atoms with van der Waals surface area (Å²) in [5.41, 5.74) is 13.4. The summed E-state index contributed by atoms with van der Waals surface area (Å²) in [6.07, 6.45) is 4.61. The van der Waals surface area contributed by atoms with Crippen molar-refractivity contribution in [3.05, 3.63) is 134 Å². The summed E-state index contributed by atoms with van der Waals surface area (Å²) in [4.78, 5) is 9.34. The number of hydrogen-bond donors (Lipinski definition) is 0. The largest absolute Gasteiger partial charge is 0.408 e. The fraction of sp³-hybridized carbons (Fsp3) is 0. The minimum absolute atomic E-state index is 0.980. The van der Waals surface area contributed by atoms with Crippen LogP contribution in [0, 0.1) is 0 Å². The van der Waals surface area contributed by atoms with E-state index >= 15 is 0 Å². The number of aromatic nitrogens is 3. The molecule has 3 nitrogen and oxygen atoms in total. The molecule has 0 amide bonds. The first kappa shape index (κ1) is 20.4. The van der Waals surface area contributed by atoms with Gasteiger partial charge in [-0.1, -0.05) is 78.9 Å². The molecule has 4 heteroatoms. The summed E-state index contributed by atoms with van der Waals surface area (Å²) in [7, 11) is 0. The molecule has 0 unspecified atom stereocenters. The number of hydrogen-bond acceptors (Lipinski definition) is 2. The van der Waals surface area contributed by atoms with Crippen molar-refractivity contribution in [1.82, 2.24) is 9.97 Å². The Balaban J connectivity index is 1.50. The van der Waals surface area contributed by atoms with Gasteiger partial charge in [0.25, 0.3) is 0 Å². The summed E-state index contributed by atoms with van der Waals surface area (Å²) in [6.45, 7) is 0. The number of fused-ring (bicyclic) bond motifs is 10. The van der Waals surface area contributed by atoms with Gasteiger partial charge in [-0.3, -0.25) is 9.97 Å². The average Bonchev–Trinajstić information content (AvgIpc) is 3.45. The van der Waals surface area contributed by atoms with E-state index in [2.05, 4.69) is 124 Å². The molecule has 3 aromatic heterocycles. The van der Waals surface area contributed by atoms with E-state index in [1.54, 1.807) is 0 Å². The highest BCUT2D eigenvalue weighted by Crippen LogP contribution is 2.35. The molecule has 0 atom stereocenters. The topological polar surface area (TPSA) is 29.7 Å². The number of rotatable bonds is 2. The monoisotopic (exact) mass is 471 g/mol. The highest BCUT2D eigenvalue weighted by molar-refractivity contribution is 7.09. The normalized spacial score (nSPS) is 13.6. The molecular formula is C33H22BN3. The number of benzene rings is 3. The Hall–Kier alpha value is -4.83. The molecule has 0 bridgehead atoms. The van der Waals surface area contributed by atoms with Gasteiger partial charge in [-0.25, -0.2) is 0 Å². The van der Waals surface area contributed by atoms with Crippen LogP contribution in [0.3, 0.4) is 0 Å². The number of nitrogens with zero attached hydrogens (tertiary/aromatic N) is 3. The van der Waals surface area contributed by atoms with E-state index in [1.807, 2.05) is 24.5 Å². The Labute approximate surface area is 215 Å². The van der Waals surface area contributed by atoms with Gasteiger partial charge >= 0.3 is 6.28 Å². The molecule has 0 saturated carbocycles. The highest BCUT2D eigenvalue weighted by atomic mass is 15.0. The van der Waals surface area contributed by atoms with Crippen molar-refractivity contribution in [2.24, 2.45) is 0 Å². The van der Waals surface area contributed by atoms with Gasteiger partial charge in [-0.2, -0.15) is 0 Å². The Bertz CT molecular complexity index is 1690. The molecule has 6 aromatic rings. The molecule has 5 heterocycles. The lowest BCUT2D eigenvalue weighted by Crippen LogP contribution is -2.81. The van der Waals surface area contributed by atoms with E-state index in [0.29, 0.717) is 0 Å². The van der Waals surface area contributed by atoms with Crippen molar-refractivity contribution in [2.45, 2.75) is 0 Å². The molecular weight excluding hydrogens is 449 g/mol. The third kappa shape index (κ3) is 2.70. The summed E-state index contributed by atoms with van der Waals surface area (Å²) in [6, 6.07) is 41.4. The fourth-order valence-corrected chi connectivity index (χ4v) is 6.75. The second kappa shape index (κ2) is 7.58. The Morgan fingerprint density at radius 3 is 1.73 bits per heavy atom. The second-order valence-corrected chi connectivity index (χ2v) is 9.94. The van der Waals surface area contributed by atoms with Crippen LogP contribution in [-0.4, -0.2) is 16.2 Å². The molecule has 172 valence electrons. The van der Waals surface area contributed by atoms with Crippen LogP contribution in [0.2, 0.25) is 0 Å². The predicted molar refractivity (Wildman–Crippen MR) is 150 cm³/mol. The molecule has 2 aliphatic heterocycles. The van der Waals surface area contributed by atoms with Gasteiger partial charge in [0.1, 0.15) is 6.20 Å². The first-order valence-electron chi connectivity index (χ1n) is 12.7. The lowest BCUT2D eigenvalue weighted by atomic mass is 9.26. The lowest BCUT2D eigenvalue weighted by Gasteiger charge is -2.30. The number of pyridine rings is 3. The van der Waals surface area contributed by atoms with Crippen LogP contribution < -0.4 is 20.9 Å². The van der Waals surface area contributed by atoms with Gasteiger partial charge in [-0.05, 0) is 47.0 Å². The van der Waals surface area contributed by atoms with Crippen molar-refractivity contribution in [3.63, 3.8) is 0 Å². The Kier molecular flexibility index (Phi) is 4.18. The maximum Gasteiger partial charge on any atom is 0.362 e. The van der Waals surface area contributed by atoms with E-state index in [4.69, 9.17) is 0 Å². The van der Waals surface area contributed by atoms with Crippen LogP contribution in [0.4, 0.5) is 0 Å². The second-order valence-electron chi connectivity index (χ2n) is 9.94. The highest BCUT2D eigenvalue weighted by Gasteiger charge is 2.54. The van der Waals surface area contributed by atoms with Gasteiger partial charge in [0, 0.05) is 24.0 Å². The SMILES string of the molecule is c1ccc(-c2ccc3c(c2)[B-]2(c4ccccc4-c4ccccc42)[n+]2cc(-c4ccccn4)ccc2-3)nc1. The summed E-state index contributed by atoms with van der Waals surface area (Å²) < 4.78 is 2.54. The van der Waals surface area contributed by atoms with Crippen LogP contribution in [0.5, 0.6) is 0 Å². The molecule has 0 aliphatic carbocycles. The van der Waals surface area contributed by atoms with Crippen molar-refractivity contribution in [3.8, 4) is 44.9 Å². The maximum absolute atomic E-state index is 4.67. The van der Waals surface area contributed by atoms with E-state index < -0.39 is 6.28 Å². The minimum atomic E-state index is -1.44. The molecule has 0 fully saturated rings.